The molecular weight excluding hydrogens is 287 g/mol. The minimum absolute atomic E-state index is 0.211. The Morgan fingerprint density at radius 1 is 1.32 bits per heavy atom. The highest BCUT2D eigenvalue weighted by Crippen LogP contribution is 2.32. The van der Waals surface area contributed by atoms with E-state index in [0.29, 0.717) is 6.42 Å². The summed E-state index contributed by atoms with van der Waals surface area (Å²) in [6.45, 7) is 5.32. The number of benzene rings is 1. The predicted molar refractivity (Wildman–Crippen MR) is 80.2 cm³/mol. The van der Waals surface area contributed by atoms with E-state index in [0.717, 1.165) is 18.4 Å². The highest BCUT2D eigenvalue weighted by atomic mass is 19.1. The van der Waals surface area contributed by atoms with Crippen molar-refractivity contribution in [2.45, 2.75) is 57.9 Å². The quantitative estimate of drug-likeness (QED) is 0.881. The summed E-state index contributed by atoms with van der Waals surface area (Å²) in [6.07, 6.45) is 0.749. The lowest BCUT2D eigenvalue weighted by molar-refractivity contribution is -0.0922. The third-order valence-corrected chi connectivity index (χ3v) is 3.47. The third-order valence-electron chi connectivity index (χ3n) is 3.47. The number of hydrazine groups is 1. The molecule has 1 fully saturated rings. The maximum Gasteiger partial charge on any atom is 0.422 e. The van der Waals surface area contributed by atoms with Gasteiger partial charge in [0.05, 0.1) is 6.04 Å². The first-order valence-corrected chi connectivity index (χ1v) is 7.48. The molecule has 2 atom stereocenters. The number of piperidine rings is 1. The second-order valence-electron chi connectivity index (χ2n) is 6.50. The molecule has 1 amide bonds. The molecule has 1 aliphatic rings. The van der Waals surface area contributed by atoms with Gasteiger partial charge in [-0.3, -0.25) is 5.43 Å². The van der Waals surface area contributed by atoms with Crippen LogP contribution in [0.2, 0.25) is 0 Å². The lowest BCUT2D eigenvalue weighted by Gasteiger charge is -2.39. The van der Waals surface area contributed by atoms with Crippen LogP contribution in [-0.4, -0.2) is 28.0 Å². The molecule has 0 saturated carbocycles. The van der Waals surface area contributed by atoms with Gasteiger partial charge in [0.15, 0.2) is 0 Å². The van der Waals surface area contributed by atoms with Gasteiger partial charge in [0.1, 0.15) is 17.6 Å². The standard InChI is InChI=1S/C16H23FN2O3/c1-16(2,3)22-15(21)18-19-13(5-4-6-14(19)20)11-7-9-12(17)10-8-11/h7-10,13-14,20H,4-6H2,1-3H3,(H,18,21). The van der Waals surface area contributed by atoms with Crippen LogP contribution in [0, 0.1) is 5.82 Å². The Bertz CT molecular complexity index is 513. The summed E-state index contributed by atoms with van der Waals surface area (Å²) in [4.78, 5) is 12.0. The molecule has 1 heterocycles. The summed E-state index contributed by atoms with van der Waals surface area (Å²) in [5.74, 6) is -0.313. The monoisotopic (exact) mass is 310 g/mol. The minimum atomic E-state index is -0.795. The predicted octanol–water partition coefficient (Wildman–Crippen LogP) is 3.11. The van der Waals surface area contributed by atoms with E-state index in [1.165, 1.54) is 17.1 Å². The molecule has 0 aromatic heterocycles. The second kappa shape index (κ2) is 6.62. The van der Waals surface area contributed by atoms with Gasteiger partial charge < -0.3 is 9.84 Å². The third kappa shape index (κ3) is 4.42. The van der Waals surface area contributed by atoms with Gasteiger partial charge in [-0.25, -0.2) is 9.18 Å². The summed E-state index contributed by atoms with van der Waals surface area (Å²) in [6, 6.07) is 5.88. The smallest absolute Gasteiger partial charge is 0.422 e. The van der Waals surface area contributed by atoms with E-state index in [9.17, 15) is 14.3 Å². The highest BCUT2D eigenvalue weighted by Gasteiger charge is 2.32. The van der Waals surface area contributed by atoms with E-state index in [4.69, 9.17) is 4.74 Å². The van der Waals surface area contributed by atoms with Crippen LogP contribution < -0.4 is 5.43 Å². The van der Waals surface area contributed by atoms with Crippen molar-refractivity contribution >= 4 is 6.09 Å². The number of aliphatic hydroxyl groups excluding tert-OH is 1. The van der Waals surface area contributed by atoms with Crippen LogP contribution in [0.25, 0.3) is 0 Å². The molecule has 122 valence electrons. The normalized spacial score (nSPS) is 23.1. The van der Waals surface area contributed by atoms with Gasteiger partial charge in [0.25, 0.3) is 0 Å². The number of carbonyl (C=O) groups excluding carboxylic acids is 1. The van der Waals surface area contributed by atoms with Gasteiger partial charge in [0, 0.05) is 0 Å². The Morgan fingerprint density at radius 3 is 2.55 bits per heavy atom. The lowest BCUT2D eigenvalue weighted by Crippen LogP contribution is -2.53. The van der Waals surface area contributed by atoms with E-state index in [-0.39, 0.29) is 11.9 Å². The van der Waals surface area contributed by atoms with Crippen LogP contribution in [0.4, 0.5) is 9.18 Å². The molecule has 1 saturated heterocycles. The summed E-state index contributed by atoms with van der Waals surface area (Å²) < 4.78 is 18.3. The second-order valence-corrected chi connectivity index (χ2v) is 6.50. The number of hydrogen-bond donors (Lipinski definition) is 2. The average molecular weight is 310 g/mol. The van der Waals surface area contributed by atoms with Gasteiger partial charge in [-0.2, -0.15) is 5.01 Å². The van der Waals surface area contributed by atoms with Crippen LogP contribution in [0.3, 0.4) is 0 Å². The van der Waals surface area contributed by atoms with Crippen molar-refractivity contribution in [3.8, 4) is 0 Å². The van der Waals surface area contributed by atoms with Crippen LogP contribution >= 0.6 is 0 Å². The summed E-state index contributed by atoms with van der Waals surface area (Å²) in [5, 5.41) is 11.7. The molecule has 1 aliphatic heterocycles. The molecule has 0 spiro atoms. The van der Waals surface area contributed by atoms with Gasteiger partial charge in [0.2, 0.25) is 0 Å². The molecule has 0 bridgehead atoms. The summed E-state index contributed by atoms with van der Waals surface area (Å²) >= 11 is 0. The van der Waals surface area contributed by atoms with Crippen molar-refractivity contribution in [2.75, 3.05) is 0 Å². The Hall–Kier alpha value is -1.66. The molecule has 22 heavy (non-hydrogen) atoms. The Kier molecular flexibility index (Phi) is 5.03. The van der Waals surface area contributed by atoms with E-state index in [1.807, 2.05) is 0 Å². The molecule has 2 unspecified atom stereocenters. The van der Waals surface area contributed by atoms with Crippen LogP contribution in [0.15, 0.2) is 24.3 Å². The molecule has 2 rings (SSSR count). The largest absolute Gasteiger partial charge is 0.443 e. The topological polar surface area (TPSA) is 61.8 Å². The molecule has 2 N–H and O–H groups in total. The molecular formula is C16H23FN2O3. The van der Waals surface area contributed by atoms with Crippen molar-refractivity contribution in [3.05, 3.63) is 35.6 Å². The van der Waals surface area contributed by atoms with Crippen molar-refractivity contribution in [2.24, 2.45) is 0 Å². The van der Waals surface area contributed by atoms with Gasteiger partial charge in [-0.05, 0) is 57.7 Å². The van der Waals surface area contributed by atoms with Gasteiger partial charge >= 0.3 is 6.09 Å². The van der Waals surface area contributed by atoms with Crippen molar-refractivity contribution in [3.63, 3.8) is 0 Å². The summed E-state index contributed by atoms with van der Waals surface area (Å²) in [5.41, 5.74) is 2.85. The Balaban J connectivity index is 2.13. The fourth-order valence-electron chi connectivity index (χ4n) is 2.55. The zero-order valence-corrected chi connectivity index (χ0v) is 13.2. The van der Waals surface area contributed by atoms with Crippen LogP contribution in [0.1, 0.15) is 51.6 Å². The Morgan fingerprint density at radius 2 is 1.95 bits per heavy atom. The first-order valence-electron chi connectivity index (χ1n) is 7.48. The van der Waals surface area contributed by atoms with E-state index in [2.05, 4.69) is 5.43 Å². The summed E-state index contributed by atoms with van der Waals surface area (Å²) in [7, 11) is 0. The van der Waals surface area contributed by atoms with Crippen molar-refractivity contribution < 1.29 is 19.0 Å². The number of nitrogens with one attached hydrogen (secondary N) is 1. The van der Waals surface area contributed by atoms with Gasteiger partial charge in [-0.1, -0.05) is 12.1 Å². The number of aliphatic hydroxyl groups is 1. The zero-order chi connectivity index (χ0) is 16.3. The number of halogens is 1. The number of carbonyl (C=O) groups is 1. The number of hydrogen-bond acceptors (Lipinski definition) is 4. The molecule has 0 radical (unpaired) electrons. The molecule has 1 aromatic rings. The maximum absolute atomic E-state index is 13.1. The Labute approximate surface area is 130 Å². The van der Waals surface area contributed by atoms with E-state index < -0.39 is 17.9 Å². The highest BCUT2D eigenvalue weighted by molar-refractivity contribution is 5.67. The number of rotatable bonds is 2. The average Bonchev–Trinajstić information content (AvgIpc) is 2.40. The van der Waals surface area contributed by atoms with Crippen LogP contribution in [-0.2, 0) is 4.74 Å². The zero-order valence-electron chi connectivity index (χ0n) is 13.2. The van der Waals surface area contributed by atoms with E-state index in [1.54, 1.807) is 32.9 Å². The van der Waals surface area contributed by atoms with Crippen molar-refractivity contribution in [1.29, 1.82) is 0 Å². The first kappa shape index (κ1) is 16.7. The number of amides is 1. The SMILES string of the molecule is CC(C)(C)OC(=O)NN1C(O)CCCC1c1ccc(F)cc1. The van der Waals surface area contributed by atoms with Gasteiger partial charge in [-0.15, -0.1) is 0 Å². The molecule has 1 aromatic carbocycles. The fraction of sp³-hybridized carbons (Fsp3) is 0.562. The number of ether oxygens (including phenoxy) is 1. The molecule has 0 aliphatic carbocycles. The molecule has 5 nitrogen and oxygen atoms in total. The molecule has 6 heteroatoms. The minimum Gasteiger partial charge on any atom is -0.443 e. The van der Waals surface area contributed by atoms with E-state index >= 15 is 0 Å². The maximum atomic E-state index is 13.1. The van der Waals surface area contributed by atoms with Crippen LogP contribution in [0.5, 0.6) is 0 Å². The fourth-order valence-corrected chi connectivity index (χ4v) is 2.55. The first-order chi connectivity index (χ1) is 10.3. The van der Waals surface area contributed by atoms with Crippen molar-refractivity contribution in [1.82, 2.24) is 10.4 Å². The lowest BCUT2D eigenvalue weighted by atomic mass is 9.96. The number of nitrogens with zero attached hydrogens (tertiary/aromatic N) is 1.